The van der Waals surface area contributed by atoms with E-state index >= 15 is 0 Å². The van der Waals surface area contributed by atoms with Crippen molar-refractivity contribution >= 4 is 11.8 Å². The normalized spacial score (nSPS) is 20.4. The lowest BCUT2D eigenvalue weighted by Gasteiger charge is -2.42. The zero-order chi connectivity index (χ0) is 22.7. The number of piperidine rings is 1. The molecule has 10 heteroatoms. The fourth-order valence-corrected chi connectivity index (χ4v) is 4.16. The number of likely N-dealkylation sites (N-methyl/N-ethyl adjacent to an activating group) is 1. The number of halogens is 1. The standard InChI is InChI=1S/C22H28FN5O4/c1-15-18(25-32-24-15)13-21(29)28-12-11-26(2)19(14-28)22(30)27-9-7-16(8-10-27)31-20-6-4-3-5-17(20)23/h3-6,16,19H,7-14H2,1-2H3. The zero-order valence-corrected chi connectivity index (χ0v) is 18.4. The Morgan fingerprint density at radius 1 is 1.12 bits per heavy atom. The molecule has 0 saturated carbocycles. The number of likely N-dealkylation sites (tertiary alicyclic amines) is 1. The number of hydrogen-bond donors (Lipinski definition) is 0. The molecule has 0 radical (unpaired) electrons. The van der Waals surface area contributed by atoms with E-state index in [9.17, 15) is 14.0 Å². The molecule has 1 aromatic heterocycles. The molecule has 0 aliphatic carbocycles. The van der Waals surface area contributed by atoms with Gasteiger partial charge in [0.2, 0.25) is 11.8 Å². The highest BCUT2D eigenvalue weighted by molar-refractivity contribution is 5.84. The third kappa shape index (κ3) is 4.90. The summed E-state index contributed by atoms with van der Waals surface area (Å²) in [7, 11) is 1.91. The van der Waals surface area contributed by atoms with Crippen LogP contribution in [0.4, 0.5) is 4.39 Å². The number of aromatic nitrogens is 2. The van der Waals surface area contributed by atoms with Gasteiger partial charge in [-0.3, -0.25) is 14.5 Å². The van der Waals surface area contributed by atoms with Crippen molar-refractivity contribution in [2.75, 3.05) is 39.8 Å². The fourth-order valence-electron chi connectivity index (χ4n) is 4.16. The van der Waals surface area contributed by atoms with Gasteiger partial charge in [-0.05, 0) is 26.1 Å². The number of ether oxygens (including phenoxy) is 1. The monoisotopic (exact) mass is 445 g/mol. The molecule has 2 amide bonds. The predicted molar refractivity (Wildman–Crippen MR) is 112 cm³/mol. The van der Waals surface area contributed by atoms with E-state index in [0.29, 0.717) is 57.0 Å². The van der Waals surface area contributed by atoms with E-state index in [1.807, 2.05) is 16.8 Å². The molecule has 2 saturated heterocycles. The highest BCUT2D eigenvalue weighted by atomic mass is 19.1. The van der Waals surface area contributed by atoms with Crippen LogP contribution in [0.1, 0.15) is 24.2 Å². The first-order chi connectivity index (χ1) is 15.4. The number of benzene rings is 1. The van der Waals surface area contributed by atoms with Crippen LogP contribution in [0.15, 0.2) is 28.9 Å². The average molecular weight is 445 g/mol. The molecule has 1 unspecified atom stereocenters. The number of carbonyl (C=O) groups is 2. The second-order valence-electron chi connectivity index (χ2n) is 8.38. The van der Waals surface area contributed by atoms with E-state index < -0.39 is 6.04 Å². The summed E-state index contributed by atoms with van der Waals surface area (Å²) in [5, 5.41) is 7.49. The number of hydrogen-bond acceptors (Lipinski definition) is 7. The molecule has 1 aromatic carbocycles. The molecule has 2 aliphatic rings. The SMILES string of the molecule is Cc1nonc1CC(=O)N1CCN(C)C(C(=O)N2CCC(Oc3ccccc3F)CC2)C1. The maximum Gasteiger partial charge on any atom is 0.241 e. The highest BCUT2D eigenvalue weighted by Gasteiger charge is 2.36. The van der Waals surface area contributed by atoms with Crippen LogP contribution in [-0.4, -0.2) is 88.7 Å². The summed E-state index contributed by atoms with van der Waals surface area (Å²) in [5.74, 6) is -0.215. The van der Waals surface area contributed by atoms with Gasteiger partial charge in [0.15, 0.2) is 11.6 Å². The molecule has 2 fully saturated rings. The maximum atomic E-state index is 13.8. The van der Waals surface area contributed by atoms with Crippen LogP contribution in [0.5, 0.6) is 5.75 Å². The van der Waals surface area contributed by atoms with Crippen molar-refractivity contribution in [1.82, 2.24) is 25.0 Å². The van der Waals surface area contributed by atoms with Gasteiger partial charge in [-0.1, -0.05) is 22.4 Å². The van der Waals surface area contributed by atoms with Crippen LogP contribution in [0, 0.1) is 12.7 Å². The predicted octanol–water partition coefficient (Wildman–Crippen LogP) is 1.27. The van der Waals surface area contributed by atoms with E-state index in [1.54, 1.807) is 30.0 Å². The molecular weight excluding hydrogens is 417 g/mol. The van der Waals surface area contributed by atoms with Crippen LogP contribution >= 0.6 is 0 Å². The quantitative estimate of drug-likeness (QED) is 0.684. The van der Waals surface area contributed by atoms with Gasteiger partial charge in [-0.2, -0.15) is 0 Å². The van der Waals surface area contributed by atoms with E-state index in [2.05, 4.69) is 14.9 Å². The summed E-state index contributed by atoms with van der Waals surface area (Å²) < 4.78 is 24.3. The van der Waals surface area contributed by atoms with Crippen LogP contribution in [0.3, 0.4) is 0 Å². The maximum absolute atomic E-state index is 13.8. The summed E-state index contributed by atoms with van der Waals surface area (Å²) in [4.78, 5) is 31.5. The minimum absolute atomic E-state index is 0.00799. The Balaban J connectivity index is 1.31. The third-order valence-electron chi connectivity index (χ3n) is 6.23. The molecular formula is C22H28FN5O4. The summed E-state index contributed by atoms with van der Waals surface area (Å²) in [6, 6.07) is 5.96. The lowest BCUT2D eigenvalue weighted by Crippen LogP contribution is -2.60. The minimum Gasteiger partial charge on any atom is -0.487 e. The van der Waals surface area contributed by atoms with Crippen molar-refractivity contribution in [2.45, 2.75) is 38.3 Å². The van der Waals surface area contributed by atoms with Crippen LogP contribution in [0.25, 0.3) is 0 Å². The van der Waals surface area contributed by atoms with Gasteiger partial charge in [0.25, 0.3) is 0 Å². The van der Waals surface area contributed by atoms with E-state index in [-0.39, 0.29) is 35.9 Å². The molecule has 0 spiro atoms. The summed E-state index contributed by atoms with van der Waals surface area (Å²) >= 11 is 0. The van der Waals surface area contributed by atoms with Gasteiger partial charge in [-0.25, -0.2) is 9.02 Å². The van der Waals surface area contributed by atoms with Gasteiger partial charge in [0.05, 0.1) is 6.42 Å². The lowest BCUT2D eigenvalue weighted by molar-refractivity contribution is -0.144. The largest absolute Gasteiger partial charge is 0.487 e. The highest BCUT2D eigenvalue weighted by Crippen LogP contribution is 2.23. The molecule has 2 aliphatic heterocycles. The first kappa shape index (κ1) is 22.2. The first-order valence-corrected chi connectivity index (χ1v) is 10.9. The minimum atomic E-state index is -0.395. The number of para-hydroxylation sites is 1. The molecule has 1 atom stereocenters. The average Bonchev–Trinajstić information content (AvgIpc) is 3.20. The second-order valence-corrected chi connectivity index (χ2v) is 8.38. The number of aryl methyl sites for hydroxylation is 1. The smallest absolute Gasteiger partial charge is 0.241 e. The zero-order valence-electron chi connectivity index (χ0n) is 18.4. The molecule has 3 heterocycles. The Hall–Kier alpha value is -3.01. The van der Waals surface area contributed by atoms with Crippen LogP contribution in [0.2, 0.25) is 0 Å². The van der Waals surface area contributed by atoms with E-state index in [4.69, 9.17) is 4.74 Å². The van der Waals surface area contributed by atoms with Gasteiger partial charge in [0, 0.05) is 45.6 Å². The Labute approximate surface area is 186 Å². The van der Waals surface area contributed by atoms with Crippen LogP contribution < -0.4 is 4.74 Å². The van der Waals surface area contributed by atoms with Crippen molar-refractivity contribution in [2.24, 2.45) is 0 Å². The first-order valence-electron chi connectivity index (χ1n) is 10.9. The third-order valence-corrected chi connectivity index (χ3v) is 6.23. The number of piperazine rings is 1. The van der Waals surface area contributed by atoms with Crippen molar-refractivity contribution in [1.29, 1.82) is 0 Å². The Morgan fingerprint density at radius 3 is 2.56 bits per heavy atom. The number of rotatable bonds is 5. The van der Waals surface area contributed by atoms with Gasteiger partial charge >= 0.3 is 0 Å². The second kappa shape index (κ2) is 9.64. The number of nitrogens with zero attached hydrogens (tertiary/aromatic N) is 5. The Morgan fingerprint density at radius 2 is 1.88 bits per heavy atom. The lowest BCUT2D eigenvalue weighted by atomic mass is 10.0. The Bertz CT molecular complexity index is 959. The summed E-state index contributed by atoms with van der Waals surface area (Å²) in [6.07, 6.45) is 1.26. The molecule has 9 nitrogen and oxygen atoms in total. The summed E-state index contributed by atoms with van der Waals surface area (Å²) in [6.45, 7) is 4.34. The molecule has 172 valence electrons. The molecule has 0 N–H and O–H groups in total. The molecule has 0 bridgehead atoms. The molecule has 32 heavy (non-hydrogen) atoms. The fraction of sp³-hybridized carbons (Fsp3) is 0.545. The number of amides is 2. The van der Waals surface area contributed by atoms with Gasteiger partial charge in [-0.15, -0.1) is 0 Å². The molecule has 4 rings (SSSR count). The topological polar surface area (TPSA) is 92.0 Å². The van der Waals surface area contributed by atoms with E-state index in [1.165, 1.54) is 6.07 Å². The van der Waals surface area contributed by atoms with Crippen LogP contribution in [-0.2, 0) is 16.0 Å². The van der Waals surface area contributed by atoms with Gasteiger partial charge in [0.1, 0.15) is 23.5 Å². The summed E-state index contributed by atoms with van der Waals surface area (Å²) in [5.41, 5.74) is 1.12. The van der Waals surface area contributed by atoms with Crippen molar-refractivity contribution < 1.29 is 23.3 Å². The van der Waals surface area contributed by atoms with Gasteiger partial charge < -0.3 is 14.5 Å². The van der Waals surface area contributed by atoms with Crippen molar-refractivity contribution in [3.8, 4) is 5.75 Å². The van der Waals surface area contributed by atoms with Crippen molar-refractivity contribution in [3.05, 3.63) is 41.5 Å². The molecule has 2 aromatic rings. The Kier molecular flexibility index (Phi) is 6.69. The van der Waals surface area contributed by atoms with E-state index in [0.717, 1.165) is 0 Å². The van der Waals surface area contributed by atoms with Crippen molar-refractivity contribution in [3.63, 3.8) is 0 Å². The number of carbonyl (C=O) groups excluding carboxylic acids is 2.